The van der Waals surface area contributed by atoms with Crippen LogP contribution in [0.2, 0.25) is 0 Å². The molecule has 0 radical (unpaired) electrons. The molecule has 0 fully saturated rings. The van der Waals surface area contributed by atoms with Gasteiger partial charge in [-0.05, 0) is 25.1 Å². The van der Waals surface area contributed by atoms with Crippen molar-refractivity contribution in [1.29, 1.82) is 0 Å². The highest BCUT2D eigenvalue weighted by atomic mass is 16.2. The predicted octanol–water partition coefficient (Wildman–Crippen LogP) is 0.622. The van der Waals surface area contributed by atoms with Gasteiger partial charge in [0.1, 0.15) is 0 Å². The molecule has 0 atom stereocenters. The first-order valence-electron chi connectivity index (χ1n) is 5.31. The zero-order valence-electron chi connectivity index (χ0n) is 10.1. The van der Waals surface area contributed by atoms with Gasteiger partial charge in [-0.1, -0.05) is 24.3 Å². The van der Waals surface area contributed by atoms with Crippen molar-refractivity contribution in [2.75, 3.05) is 13.6 Å². The lowest BCUT2D eigenvalue weighted by Gasteiger charge is -2.16. The van der Waals surface area contributed by atoms with Crippen LogP contribution >= 0.6 is 0 Å². The van der Waals surface area contributed by atoms with E-state index in [0.717, 1.165) is 5.56 Å². The summed E-state index contributed by atoms with van der Waals surface area (Å²) in [6.45, 7) is 2.81. The lowest BCUT2D eigenvalue weighted by molar-refractivity contribution is -0.120. The third kappa shape index (κ3) is 4.65. The van der Waals surface area contributed by atoms with Gasteiger partial charge < -0.3 is 5.73 Å². The SMILES string of the molecule is Cc1ccccc1CN(C)CC(=O)NC(N)=O. The maximum atomic E-state index is 11.3. The van der Waals surface area contributed by atoms with Crippen LogP contribution in [0, 0.1) is 6.92 Å². The second-order valence-corrected chi connectivity index (χ2v) is 4.01. The van der Waals surface area contributed by atoms with E-state index in [-0.39, 0.29) is 6.54 Å². The zero-order valence-corrected chi connectivity index (χ0v) is 10.1. The van der Waals surface area contributed by atoms with Gasteiger partial charge in [-0.15, -0.1) is 0 Å². The number of nitrogens with two attached hydrogens (primary N) is 1. The lowest BCUT2D eigenvalue weighted by Crippen LogP contribution is -2.41. The number of carbonyl (C=O) groups excluding carboxylic acids is 2. The largest absolute Gasteiger partial charge is 0.351 e. The Bertz CT molecular complexity index is 418. The maximum absolute atomic E-state index is 11.3. The Morgan fingerprint density at radius 3 is 2.59 bits per heavy atom. The molecule has 0 saturated carbocycles. The normalized spacial score (nSPS) is 10.3. The number of likely N-dealkylation sites (N-methyl/N-ethyl adjacent to an activating group) is 1. The van der Waals surface area contributed by atoms with Crippen LogP contribution < -0.4 is 11.1 Å². The van der Waals surface area contributed by atoms with Crippen molar-refractivity contribution in [2.45, 2.75) is 13.5 Å². The summed E-state index contributed by atoms with van der Waals surface area (Å²) < 4.78 is 0. The Morgan fingerprint density at radius 2 is 2.00 bits per heavy atom. The zero-order chi connectivity index (χ0) is 12.8. The minimum atomic E-state index is -0.820. The van der Waals surface area contributed by atoms with Gasteiger partial charge in [0.25, 0.3) is 0 Å². The van der Waals surface area contributed by atoms with E-state index in [1.165, 1.54) is 5.56 Å². The average Bonchev–Trinajstić information content (AvgIpc) is 2.19. The van der Waals surface area contributed by atoms with Gasteiger partial charge >= 0.3 is 6.03 Å². The number of primary amides is 1. The number of nitrogens with zero attached hydrogens (tertiary/aromatic N) is 1. The highest BCUT2D eigenvalue weighted by molar-refractivity contribution is 5.94. The van der Waals surface area contributed by atoms with Crippen LogP contribution in [0.1, 0.15) is 11.1 Å². The fourth-order valence-corrected chi connectivity index (χ4v) is 1.56. The molecule has 1 rings (SSSR count). The third-order valence-corrected chi connectivity index (χ3v) is 2.38. The van der Waals surface area contributed by atoms with E-state index in [9.17, 15) is 9.59 Å². The molecule has 5 heteroatoms. The molecule has 0 unspecified atom stereocenters. The van der Waals surface area contributed by atoms with Crippen molar-refractivity contribution in [3.8, 4) is 0 Å². The summed E-state index contributed by atoms with van der Waals surface area (Å²) >= 11 is 0. The third-order valence-electron chi connectivity index (χ3n) is 2.38. The fourth-order valence-electron chi connectivity index (χ4n) is 1.56. The molecule has 0 aromatic heterocycles. The van der Waals surface area contributed by atoms with Crippen molar-refractivity contribution in [3.05, 3.63) is 35.4 Å². The molecule has 3 N–H and O–H groups in total. The van der Waals surface area contributed by atoms with Crippen LogP contribution in [-0.4, -0.2) is 30.4 Å². The molecule has 17 heavy (non-hydrogen) atoms. The molecule has 0 spiro atoms. The Labute approximate surface area is 101 Å². The van der Waals surface area contributed by atoms with Crippen LogP contribution in [0.3, 0.4) is 0 Å². The molecule has 0 aliphatic heterocycles. The number of amides is 3. The number of urea groups is 1. The Balaban J connectivity index is 2.50. The van der Waals surface area contributed by atoms with Gasteiger partial charge in [0, 0.05) is 6.54 Å². The van der Waals surface area contributed by atoms with E-state index in [2.05, 4.69) is 0 Å². The molecule has 5 nitrogen and oxygen atoms in total. The number of nitrogens with one attached hydrogen (secondary N) is 1. The lowest BCUT2D eigenvalue weighted by atomic mass is 10.1. The van der Waals surface area contributed by atoms with Crippen molar-refractivity contribution >= 4 is 11.9 Å². The molecule has 0 bridgehead atoms. The molecule has 0 aliphatic rings. The van der Waals surface area contributed by atoms with Crippen molar-refractivity contribution in [1.82, 2.24) is 10.2 Å². The van der Waals surface area contributed by atoms with Crippen LogP contribution in [0.25, 0.3) is 0 Å². The van der Waals surface area contributed by atoms with Crippen molar-refractivity contribution < 1.29 is 9.59 Å². The molecule has 1 aromatic carbocycles. The van der Waals surface area contributed by atoms with Gasteiger partial charge in [0.15, 0.2) is 0 Å². The molecular formula is C12H17N3O2. The summed E-state index contributed by atoms with van der Waals surface area (Å²) in [5.41, 5.74) is 7.19. The second kappa shape index (κ2) is 6.00. The minimum Gasteiger partial charge on any atom is -0.351 e. The predicted molar refractivity (Wildman–Crippen MR) is 65.2 cm³/mol. The monoisotopic (exact) mass is 235 g/mol. The smallest absolute Gasteiger partial charge is 0.318 e. The van der Waals surface area contributed by atoms with E-state index in [0.29, 0.717) is 6.54 Å². The number of carbonyl (C=O) groups is 2. The number of hydrogen-bond donors (Lipinski definition) is 2. The van der Waals surface area contributed by atoms with Crippen LogP contribution in [0.5, 0.6) is 0 Å². The van der Waals surface area contributed by atoms with E-state index >= 15 is 0 Å². The topological polar surface area (TPSA) is 75.4 Å². The molecule has 92 valence electrons. The number of rotatable bonds is 4. The fraction of sp³-hybridized carbons (Fsp3) is 0.333. The Hall–Kier alpha value is -1.88. The number of imide groups is 1. The van der Waals surface area contributed by atoms with Gasteiger partial charge in [0.05, 0.1) is 6.54 Å². The molecule has 1 aromatic rings. The number of hydrogen-bond acceptors (Lipinski definition) is 3. The highest BCUT2D eigenvalue weighted by Crippen LogP contribution is 2.08. The van der Waals surface area contributed by atoms with Crippen LogP contribution in [0.15, 0.2) is 24.3 Å². The second-order valence-electron chi connectivity index (χ2n) is 4.01. The Morgan fingerprint density at radius 1 is 1.35 bits per heavy atom. The quantitative estimate of drug-likeness (QED) is 0.803. The van der Waals surface area contributed by atoms with Crippen LogP contribution in [0.4, 0.5) is 4.79 Å². The minimum absolute atomic E-state index is 0.136. The van der Waals surface area contributed by atoms with Gasteiger partial charge in [0.2, 0.25) is 5.91 Å². The molecular weight excluding hydrogens is 218 g/mol. The molecule has 3 amide bonds. The Kier molecular flexibility index (Phi) is 4.66. The summed E-state index contributed by atoms with van der Waals surface area (Å²) in [6.07, 6.45) is 0. The molecule has 0 heterocycles. The summed E-state index contributed by atoms with van der Waals surface area (Å²) in [4.78, 5) is 23.6. The van der Waals surface area contributed by atoms with Gasteiger partial charge in [-0.25, -0.2) is 4.79 Å². The van der Waals surface area contributed by atoms with E-state index < -0.39 is 11.9 Å². The molecule has 0 saturated heterocycles. The number of aryl methyl sites for hydroxylation is 1. The van der Waals surface area contributed by atoms with Gasteiger partial charge in [-0.2, -0.15) is 0 Å². The molecule has 0 aliphatic carbocycles. The first-order valence-corrected chi connectivity index (χ1v) is 5.31. The summed E-state index contributed by atoms with van der Waals surface area (Å²) in [5, 5.41) is 2.03. The van der Waals surface area contributed by atoms with Crippen molar-refractivity contribution in [3.63, 3.8) is 0 Å². The van der Waals surface area contributed by atoms with Crippen LogP contribution in [-0.2, 0) is 11.3 Å². The maximum Gasteiger partial charge on any atom is 0.318 e. The summed E-state index contributed by atoms with van der Waals surface area (Å²) in [5.74, 6) is -0.395. The van der Waals surface area contributed by atoms with Crippen molar-refractivity contribution in [2.24, 2.45) is 5.73 Å². The first-order chi connectivity index (χ1) is 7.99. The first kappa shape index (κ1) is 13.2. The van der Waals surface area contributed by atoms with E-state index in [1.54, 1.807) is 0 Å². The van der Waals surface area contributed by atoms with Gasteiger partial charge in [-0.3, -0.25) is 15.0 Å². The summed E-state index contributed by atoms with van der Waals surface area (Å²) in [6, 6.07) is 7.14. The standard InChI is InChI=1S/C12H17N3O2/c1-9-5-3-4-6-10(9)7-15(2)8-11(16)14-12(13)17/h3-6H,7-8H2,1-2H3,(H3,13,14,16,17). The number of benzene rings is 1. The highest BCUT2D eigenvalue weighted by Gasteiger charge is 2.09. The van der Waals surface area contributed by atoms with E-state index in [4.69, 9.17) is 5.73 Å². The van der Waals surface area contributed by atoms with E-state index in [1.807, 2.05) is 48.5 Å². The average molecular weight is 235 g/mol. The summed E-state index contributed by atoms with van der Waals surface area (Å²) in [7, 11) is 1.81.